The molecule has 9 saturated heterocycles. The molecule has 20 nitrogen and oxygen atoms in total. The third-order valence-electron chi connectivity index (χ3n) is 29.2. The number of rotatable bonds is 31. The first-order chi connectivity index (χ1) is 61.8. The highest BCUT2D eigenvalue weighted by Gasteiger charge is 2.58. The van der Waals surface area contributed by atoms with Crippen molar-refractivity contribution in [3.63, 3.8) is 0 Å². The lowest BCUT2D eigenvalue weighted by Crippen LogP contribution is -3.00. The van der Waals surface area contributed by atoms with Gasteiger partial charge in [-0.1, -0.05) is 157 Å². The Morgan fingerprint density at radius 2 is 0.705 bits per heavy atom. The van der Waals surface area contributed by atoms with Crippen molar-refractivity contribution in [1.29, 1.82) is 0 Å². The van der Waals surface area contributed by atoms with Crippen molar-refractivity contribution in [2.45, 2.75) is 141 Å². The zero-order chi connectivity index (χ0) is 88.5. The van der Waals surface area contributed by atoms with Gasteiger partial charge in [0.1, 0.15) is 73.3 Å². The molecule has 0 amide bonds. The van der Waals surface area contributed by atoms with Crippen molar-refractivity contribution in [1.82, 2.24) is 0 Å². The Balaban J connectivity index is 0.000000188. The predicted molar refractivity (Wildman–Crippen MR) is 493 cm³/mol. The predicted octanol–water partition coefficient (Wildman–Crippen LogP) is -4.34. The van der Waals surface area contributed by atoms with Crippen LogP contribution in [0.3, 0.4) is 0 Å². The number of pyridine rings is 3. The summed E-state index contributed by atoms with van der Waals surface area (Å²) < 4.78 is 24.9. The summed E-state index contributed by atoms with van der Waals surface area (Å²) in [5.41, 5.74) is 16.0. The van der Waals surface area contributed by atoms with Gasteiger partial charge in [0.2, 0.25) is 16.6 Å². The number of fused-ring (bicyclic) bond motifs is 12. The molecular formula is C103H117B4Br5N6O14+. The highest BCUT2D eigenvalue weighted by molar-refractivity contribution is 6.58. The molecule has 21 rings (SSSR count). The largest absolute Gasteiger partial charge is 1.00 e. The van der Waals surface area contributed by atoms with Gasteiger partial charge in [0.25, 0.3) is 0 Å². The Morgan fingerprint density at radius 3 is 1.06 bits per heavy atom. The summed E-state index contributed by atoms with van der Waals surface area (Å²) in [7, 11) is 0.604. The molecule has 9 aromatic carbocycles. The molecular weight excluding hydrogens is 1990 g/mol. The molecule has 29 heteroatoms. The van der Waals surface area contributed by atoms with Crippen LogP contribution in [0.2, 0.25) is 0 Å². The fourth-order valence-electron chi connectivity index (χ4n) is 22.6. The minimum Gasteiger partial charge on any atom is -1.00 e. The average Bonchev–Trinajstić information content (AvgIpc) is 0.737. The second-order valence-corrected chi connectivity index (χ2v) is 36.2. The Hall–Kier alpha value is -8.07. The molecule has 6 bridgehead atoms. The van der Waals surface area contributed by atoms with Crippen molar-refractivity contribution in [2.24, 2.45) is 35.5 Å². The van der Waals surface area contributed by atoms with Crippen molar-refractivity contribution in [3.8, 4) is 17.2 Å². The Kier molecular flexibility index (Phi) is 37.3. The first-order valence-electron chi connectivity index (χ1n) is 44.7. The van der Waals surface area contributed by atoms with Gasteiger partial charge < -0.3 is 168 Å². The monoisotopic (exact) mass is 2100 g/mol. The lowest BCUT2D eigenvalue weighted by Gasteiger charge is -2.58. The van der Waals surface area contributed by atoms with E-state index >= 15 is 0 Å². The Bertz CT molecular complexity index is 5890. The maximum absolute atomic E-state index is 12.3. The normalized spacial score (nSPS) is 22.9. The summed E-state index contributed by atoms with van der Waals surface area (Å²) >= 11 is 0. The molecule has 9 aliphatic heterocycles. The van der Waals surface area contributed by atoms with E-state index in [1.165, 1.54) is 16.7 Å². The van der Waals surface area contributed by atoms with Crippen molar-refractivity contribution >= 4 is 68.3 Å². The van der Waals surface area contributed by atoms with Crippen LogP contribution < -0.4 is 118 Å². The second kappa shape index (κ2) is 47.1. The number of halogens is 5. The number of aromatic nitrogens is 3. The van der Waals surface area contributed by atoms with E-state index < -0.39 is 25.4 Å². The van der Waals surface area contributed by atoms with Gasteiger partial charge in [-0.15, -0.1) is 19.7 Å². The van der Waals surface area contributed by atoms with E-state index in [1.807, 2.05) is 158 Å². The number of hydrogen-bond acceptors (Lipinski definition) is 14. The molecule has 0 spiro atoms. The Labute approximate surface area is 829 Å². The lowest BCUT2D eigenvalue weighted by molar-refractivity contribution is -0.985. The summed E-state index contributed by atoms with van der Waals surface area (Å²) in [6, 6.07) is 73.7. The first-order valence-corrected chi connectivity index (χ1v) is 44.7. The van der Waals surface area contributed by atoms with Crippen LogP contribution in [-0.2, 0) is 59.1 Å². The summed E-state index contributed by atoms with van der Waals surface area (Å²) in [5.74, 6) is 4.59. The molecule has 15 unspecified atom stereocenters. The van der Waals surface area contributed by atoms with Crippen LogP contribution in [0.4, 0.5) is 0 Å². The van der Waals surface area contributed by atoms with Gasteiger partial charge in [0.15, 0.2) is 38.2 Å². The van der Waals surface area contributed by atoms with Crippen LogP contribution >= 0.6 is 0 Å². The third kappa shape index (κ3) is 22.4. The standard InChI is InChI=1S/C35H41BN2O4.C34H38B2N2O6.C34H38BN2O4.5BrH/c1-3-28-22-38(21-26-6-4-24(2)5-7-26)17-15-29(28)19-34(38)35(40)32-14-16-37(33-18-27(23-39)10-13-31(32)33)20-25-8-11-30(12-9-25)36(41)42;1-2-24-20-38(21-27-8-4-6-10-33(27)44-36-42)16-14-25(24)18-31(38)34(40)29-13-15-37(30-17-23(22-39)11-12-28(29)30)19-26-7-3-5-9-32(26)43-35-41;1-2-26-22-37(21-24-8-4-3-5-9-24)17-15-27(26)19-32(37)34(39)30-14-16-36(31-18-25(23-38)12-13-29(30)31)20-28-10-6-7-11-33(28)41-35-40;;;;;/h3-14,16,18,28-29,34-35,39-42H,1,15,17,19-23H2,2H3;2-13,15,17,24-25,31,34,39-42H,1,14,16,18-22H2;2-14,16,18,26-27,32,34,38-40H,1,15,17,19-23H2;5*1H/q3*+2;;;;;/p-5. The van der Waals surface area contributed by atoms with Gasteiger partial charge >= 0.3 is 30.2 Å². The van der Waals surface area contributed by atoms with Crippen LogP contribution in [-0.4, -0.2) is 157 Å². The number of hydrogen-bond donors (Lipinski definition) is 11. The van der Waals surface area contributed by atoms with Gasteiger partial charge in [-0.05, 0) is 101 Å². The van der Waals surface area contributed by atoms with Gasteiger partial charge in [-0.2, -0.15) is 13.7 Å². The number of aliphatic hydroxyl groups excluding tert-OH is 6. The average molecular weight is 2110 g/mol. The van der Waals surface area contributed by atoms with Crippen molar-refractivity contribution in [2.75, 3.05) is 39.3 Å². The molecule has 3 aromatic heterocycles. The molecule has 11 N–H and O–H groups in total. The summed E-state index contributed by atoms with van der Waals surface area (Å²) in [5, 5.41) is 116. The van der Waals surface area contributed by atoms with Crippen molar-refractivity contribution < 1.29 is 182 Å². The fourth-order valence-corrected chi connectivity index (χ4v) is 22.6. The van der Waals surface area contributed by atoms with E-state index in [1.54, 1.807) is 18.2 Å². The van der Waals surface area contributed by atoms with Gasteiger partial charge in [0.05, 0.1) is 86.4 Å². The molecule has 9 fully saturated rings. The number of nitrogens with zero attached hydrogens (tertiary/aromatic N) is 6. The maximum Gasteiger partial charge on any atom is 0.569 e. The van der Waals surface area contributed by atoms with Crippen LogP contribution in [0, 0.1) is 42.4 Å². The molecule has 689 valence electrons. The van der Waals surface area contributed by atoms with Gasteiger partial charge in [-0.25, -0.2) is 0 Å². The molecule has 12 heterocycles. The minimum atomic E-state index is -1.50. The molecule has 9 aliphatic rings. The molecule has 3 radical (unpaired) electrons. The lowest BCUT2D eigenvalue weighted by atomic mass is 9.71. The van der Waals surface area contributed by atoms with Crippen LogP contribution in [0.15, 0.2) is 281 Å². The Morgan fingerprint density at radius 1 is 0.386 bits per heavy atom. The molecule has 132 heavy (non-hydrogen) atoms. The molecule has 12 aromatic rings. The molecule has 0 aliphatic carbocycles. The quantitative estimate of drug-likeness (QED) is 0.00851. The second-order valence-electron chi connectivity index (χ2n) is 36.2. The highest BCUT2D eigenvalue weighted by atomic mass is 79.9. The van der Waals surface area contributed by atoms with Crippen LogP contribution in [0.1, 0.15) is 129 Å². The van der Waals surface area contributed by atoms with E-state index in [-0.39, 0.29) is 123 Å². The smallest absolute Gasteiger partial charge is 0.569 e. The number of aliphatic hydroxyl groups is 6. The van der Waals surface area contributed by atoms with Gasteiger partial charge in [-0.3, -0.25) is 0 Å². The fraction of sp³-hybridized carbons (Fsp3) is 0.330. The molecule has 15 atom stereocenters. The summed E-state index contributed by atoms with van der Waals surface area (Å²) in [4.78, 5) is 0. The SMILES string of the molecule is C=CC1C[N+]2(Cc3ccc(C)cc3)CCC1CC2C(O)c1cc[n+](Cc2ccc(B(O)O)cc2)c2cc(CO)ccc12.C=CC1C[N+]2(Cc3ccccc3)CCC1CC2C(O)c1cc[n+](Cc2ccccc2O[B]O)c2cc(CO)ccc12.C=CC1C[N+]2(Cc3ccccc3O[B]O)CCC1CC2C(O)c1cc[n+](Cc2ccccc2O[B]O)c2cc(CO)ccc12.[Br-].[Br-].[Br-].[Br-].[Br-]. The van der Waals surface area contributed by atoms with E-state index in [0.29, 0.717) is 104 Å². The summed E-state index contributed by atoms with van der Waals surface area (Å²) in [6.45, 7) is 24.3. The number of benzene rings is 9. The highest BCUT2D eigenvalue weighted by Crippen LogP contribution is 2.52. The van der Waals surface area contributed by atoms with E-state index in [9.17, 15) is 55.8 Å². The maximum atomic E-state index is 12.3. The zero-order valence-electron chi connectivity index (χ0n) is 74.3. The van der Waals surface area contributed by atoms with E-state index in [0.717, 1.165) is 196 Å². The number of quaternary nitrogens is 3. The van der Waals surface area contributed by atoms with Crippen molar-refractivity contribution in [3.05, 3.63) is 353 Å². The number of para-hydroxylation sites is 3. The van der Waals surface area contributed by atoms with E-state index in [2.05, 4.69) is 125 Å². The first kappa shape index (κ1) is 104. The van der Waals surface area contributed by atoms with E-state index in [4.69, 9.17) is 14.0 Å². The third-order valence-corrected chi connectivity index (χ3v) is 29.2. The zero-order valence-corrected chi connectivity index (χ0v) is 82.2. The topological polar surface area (TPSA) is 262 Å². The van der Waals surface area contributed by atoms with Crippen LogP contribution in [0.5, 0.6) is 17.2 Å². The van der Waals surface area contributed by atoms with Crippen LogP contribution in [0.25, 0.3) is 32.7 Å². The minimum absolute atomic E-state index is 0. The molecule has 0 saturated carbocycles. The van der Waals surface area contributed by atoms with Gasteiger partial charge in [0, 0.05) is 132 Å². The number of piperidine rings is 9. The summed E-state index contributed by atoms with van der Waals surface area (Å²) in [6.07, 6.45) is 16.6. The number of aryl methyl sites for hydroxylation is 1.